The van der Waals surface area contributed by atoms with Crippen molar-refractivity contribution < 1.29 is 18.3 Å². The monoisotopic (exact) mass is 275 g/mol. The van der Waals surface area contributed by atoms with E-state index in [9.17, 15) is 18.3 Å². The Hall–Kier alpha value is -1.23. The first-order valence-corrected chi connectivity index (χ1v) is 6.35. The second-order valence-corrected chi connectivity index (χ2v) is 4.90. The van der Waals surface area contributed by atoms with E-state index in [1.807, 2.05) is 11.9 Å². The van der Waals surface area contributed by atoms with Crippen molar-refractivity contribution in [2.45, 2.75) is 45.5 Å². The topological polar surface area (TPSA) is 23.5 Å². The zero-order valence-corrected chi connectivity index (χ0v) is 11.5. The van der Waals surface area contributed by atoms with Crippen molar-refractivity contribution in [2.24, 2.45) is 0 Å². The molecular weight excluding hydrogens is 255 g/mol. The van der Waals surface area contributed by atoms with E-state index in [1.54, 1.807) is 0 Å². The Morgan fingerprint density at radius 3 is 2.47 bits per heavy atom. The van der Waals surface area contributed by atoms with Crippen molar-refractivity contribution in [3.63, 3.8) is 0 Å². The molecule has 5 heteroatoms. The number of aromatic hydroxyl groups is 1. The Morgan fingerprint density at radius 1 is 1.32 bits per heavy atom. The average molecular weight is 275 g/mol. The Bertz CT molecular complexity index is 418. The number of benzene rings is 1. The maximum Gasteiger partial charge on any atom is 0.419 e. The lowest BCUT2D eigenvalue weighted by atomic mass is 10.1. The third-order valence-corrected chi connectivity index (χ3v) is 3.26. The molecule has 0 aromatic heterocycles. The summed E-state index contributed by atoms with van der Waals surface area (Å²) in [6, 6.07) is 3.97. The number of phenols is 1. The summed E-state index contributed by atoms with van der Waals surface area (Å²) in [6.07, 6.45) is -2.48. The van der Waals surface area contributed by atoms with Gasteiger partial charge in [0, 0.05) is 12.6 Å². The number of halogens is 3. The minimum Gasteiger partial charge on any atom is -0.507 e. The highest BCUT2D eigenvalue weighted by molar-refractivity contribution is 5.38. The van der Waals surface area contributed by atoms with Crippen molar-refractivity contribution in [2.75, 3.05) is 7.05 Å². The van der Waals surface area contributed by atoms with Crippen LogP contribution in [0.3, 0.4) is 0 Å². The van der Waals surface area contributed by atoms with Crippen LogP contribution in [-0.4, -0.2) is 23.1 Å². The lowest BCUT2D eigenvalue weighted by molar-refractivity contribution is -0.138. The minimum atomic E-state index is -4.52. The molecule has 0 amide bonds. The molecule has 0 radical (unpaired) electrons. The highest BCUT2D eigenvalue weighted by Gasteiger charge is 2.34. The van der Waals surface area contributed by atoms with Gasteiger partial charge in [-0.05, 0) is 38.1 Å². The normalized spacial score (nSPS) is 13.8. The number of nitrogens with zero attached hydrogens (tertiary/aromatic N) is 1. The third kappa shape index (κ3) is 4.42. The number of alkyl halides is 3. The molecule has 19 heavy (non-hydrogen) atoms. The Labute approximate surface area is 111 Å². The van der Waals surface area contributed by atoms with Crippen LogP contribution in [0.5, 0.6) is 5.75 Å². The van der Waals surface area contributed by atoms with E-state index in [0.29, 0.717) is 18.2 Å². The first kappa shape index (κ1) is 15.8. The standard InChI is InChI=1S/C14H20F3NO/c1-4-5-10(2)18(3)9-11-6-7-13(19)12(8-11)14(15,16)17/h6-8,10,19H,4-5,9H2,1-3H3. The van der Waals surface area contributed by atoms with Gasteiger partial charge in [-0.25, -0.2) is 0 Å². The Balaban J connectivity index is 2.86. The molecule has 1 unspecified atom stereocenters. The molecule has 0 aliphatic heterocycles. The summed E-state index contributed by atoms with van der Waals surface area (Å²) >= 11 is 0. The molecule has 2 nitrogen and oxygen atoms in total. The quantitative estimate of drug-likeness (QED) is 0.877. The van der Waals surface area contributed by atoms with Gasteiger partial charge in [-0.1, -0.05) is 19.4 Å². The molecule has 0 spiro atoms. The van der Waals surface area contributed by atoms with Crippen molar-refractivity contribution >= 4 is 0 Å². The van der Waals surface area contributed by atoms with Gasteiger partial charge in [-0.3, -0.25) is 4.90 Å². The zero-order valence-electron chi connectivity index (χ0n) is 11.5. The molecule has 1 N–H and O–H groups in total. The molecule has 0 bridgehead atoms. The molecule has 1 aromatic rings. The van der Waals surface area contributed by atoms with Gasteiger partial charge in [-0.2, -0.15) is 13.2 Å². The predicted molar refractivity (Wildman–Crippen MR) is 68.9 cm³/mol. The van der Waals surface area contributed by atoms with Gasteiger partial charge in [0.2, 0.25) is 0 Å². The average Bonchev–Trinajstić information content (AvgIpc) is 2.30. The number of phenolic OH excluding ortho intramolecular Hbond substituents is 1. The summed E-state index contributed by atoms with van der Waals surface area (Å²) in [5.74, 6) is -0.722. The second-order valence-electron chi connectivity index (χ2n) is 4.90. The van der Waals surface area contributed by atoms with Gasteiger partial charge in [0.05, 0.1) is 5.56 Å². The molecule has 0 aliphatic carbocycles. The molecule has 0 saturated heterocycles. The summed E-state index contributed by atoms with van der Waals surface area (Å²) in [7, 11) is 1.89. The van der Waals surface area contributed by atoms with Crippen LogP contribution in [0, 0.1) is 0 Å². The molecular formula is C14H20F3NO. The maximum absolute atomic E-state index is 12.7. The fraction of sp³-hybridized carbons (Fsp3) is 0.571. The van der Waals surface area contributed by atoms with Gasteiger partial charge >= 0.3 is 6.18 Å². The van der Waals surface area contributed by atoms with Crippen molar-refractivity contribution in [3.05, 3.63) is 29.3 Å². The largest absolute Gasteiger partial charge is 0.507 e. The second kappa shape index (κ2) is 6.28. The highest BCUT2D eigenvalue weighted by Crippen LogP contribution is 2.36. The number of hydrogen-bond donors (Lipinski definition) is 1. The van der Waals surface area contributed by atoms with Gasteiger partial charge < -0.3 is 5.11 Å². The first-order valence-electron chi connectivity index (χ1n) is 6.35. The predicted octanol–water partition coefficient (Wildman–Crippen LogP) is 4.03. The van der Waals surface area contributed by atoms with E-state index in [1.165, 1.54) is 6.07 Å². The van der Waals surface area contributed by atoms with E-state index >= 15 is 0 Å². The third-order valence-electron chi connectivity index (χ3n) is 3.26. The zero-order chi connectivity index (χ0) is 14.6. The van der Waals surface area contributed by atoms with Crippen LogP contribution < -0.4 is 0 Å². The first-order chi connectivity index (χ1) is 8.75. The van der Waals surface area contributed by atoms with Crippen LogP contribution in [0.2, 0.25) is 0 Å². The number of rotatable bonds is 5. The molecule has 108 valence electrons. The lowest BCUT2D eigenvalue weighted by Crippen LogP contribution is -2.28. The summed E-state index contributed by atoms with van der Waals surface area (Å²) in [6.45, 7) is 4.56. The van der Waals surface area contributed by atoms with Crippen LogP contribution in [0.25, 0.3) is 0 Å². The van der Waals surface area contributed by atoms with Crippen LogP contribution in [-0.2, 0) is 12.7 Å². The van der Waals surface area contributed by atoms with E-state index in [4.69, 9.17) is 0 Å². The fourth-order valence-electron chi connectivity index (χ4n) is 1.99. The SMILES string of the molecule is CCCC(C)N(C)Cc1ccc(O)c(C(F)(F)F)c1. The van der Waals surface area contributed by atoms with E-state index in [-0.39, 0.29) is 0 Å². The van der Waals surface area contributed by atoms with E-state index in [0.717, 1.165) is 25.0 Å². The van der Waals surface area contributed by atoms with Gasteiger partial charge in [0.25, 0.3) is 0 Å². The van der Waals surface area contributed by atoms with Gasteiger partial charge in [0.15, 0.2) is 0 Å². The van der Waals surface area contributed by atoms with Crippen molar-refractivity contribution in [3.8, 4) is 5.75 Å². The molecule has 1 aromatic carbocycles. The van der Waals surface area contributed by atoms with Gasteiger partial charge in [0.1, 0.15) is 5.75 Å². The van der Waals surface area contributed by atoms with Crippen molar-refractivity contribution in [1.82, 2.24) is 4.90 Å². The maximum atomic E-state index is 12.7. The van der Waals surface area contributed by atoms with Crippen molar-refractivity contribution in [1.29, 1.82) is 0 Å². The molecule has 0 heterocycles. The van der Waals surface area contributed by atoms with Crippen LogP contribution in [0.4, 0.5) is 13.2 Å². The minimum absolute atomic E-state index is 0.313. The summed E-state index contributed by atoms with van der Waals surface area (Å²) < 4.78 is 38.0. The lowest BCUT2D eigenvalue weighted by Gasteiger charge is -2.24. The van der Waals surface area contributed by atoms with E-state index in [2.05, 4.69) is 13.8 Å². The molecule has 1 rings (SSSR count). The van der Waals surface area contributed by atoms with Crippen LogP contribution >= 0.6 is 0 Å². The number of hydrogen-bond acceptors (Lipinski definition) is 2. The molecule has 0 fully saturated rings. The Kier molecular flexibility index (Phi) is 5.23. The highest BCUT2D eigenvalue weighted by atomic mass is 19.4. The Morgan fingerprint density at radius 2 is 1.95 bits per heavy atom. The summed E-state index contributed by atoms with van der Waals surface area (Å²) in [4.78, 5) is 2.01. The summed E-state index contributed by atoms with van der Waals surface area (Å²) in [5.41, 5.74) is -0.419. The fourth-order valence-corrected chi connectivity index (χ4v) is 1.99. The van der Waals surface area contributed by atoms with E-state index < -0.39 is 17.5 Å². The van der Waals surface area contributed by atoms with Crippen LogP contribution in [0.15, 0.2) is 18.2 Å². The molecule has 0 aliphatic rings. The smallest absolute Gasteiger partial charge is 0.419 e. The summed E-state index contributed by atoms with van der Waals surface area (Å²) in [5, 5.41) is 9.26. The molecule has 1 atom stereocenters. The molecule has 0 saturated carbocycles. The van der Waals surface area contributed by atoms with Crippen LogP contribution in [0.1, 0.15) is 37.8 Å². The van der Waals surface area contributed by atoms with Gasteiger partial charge in [-0.15, -0.1) is 0 Å².